The van der Waals surface area contributed by atoms with Crippen molar-refractivity contribution >= 4 is 17.5 Å². The number of amides is 2. The fraction of sp³-hybridized carbons (Fsp3) is 0.389. The first-order valence-corrected chi connectivity index (χ1v) is 8.57. The first-order chi connectivity index (χ1) is 12.6. The molecule has 8 heteroatoms. The van der Waals surface area contributed by atoms with Crippen molar-refractivity contribution in [2.75, 3.05) is 38.1 Å². The zero-order chi connectivity index (χ0) is 18.1. The molecule has 4 rings (SSSR count). The van der Waals surface area contributed by atoms with Crippen LogP contribution in [0.4, 0.5) is 5.69 Å². The van der Waals surface area contributed by atoms with Gasteiger partial charge >= 0.3 is 0 Å². The highest BCUT2D eigenvalue weighted by molar-refractivity contribution is 5.96. The molecular weight excluding hydrogens is 332 g/mol. The number of aromatic nitrogens is 3. The van der Waals surface area contributed by atoms with Crippen LogP contribution in [0.5, 0.6) is 0 Å². The normalized spacial score (nSPS) is 23.7. The van der Waals surface area contributed by atoms with Crippen molar-refractivity contribution < 1.29 is 9.59 Å². The third-order valence-electron chi connectivity index (χ3n) is 5.34. The molecule has 2 fully saturated rings. The molecule has 2 amide bonds. The topological polar surface area (TPSA) is 82.5 Å². The van der Waals surface area contributed by atoms with Crippen molar-refractivity contribution in [2.45, 2.75) is 12.0 Å². The van der Waals surface area contributed by atoms with Gasteiger partial charge in [-0.05, 0) is 31.7 Å². The highest BCUT2D eigenvalue weighted by atomic mass is 16.2. The van der Waals surface area contributed by atoms with E-state index >= 15 is 0 Å². The second-order valence-corrected chi connectivity index (χ2v) is 6.88. The number of carbonyl (C=O) groups excluding carboxylic acids is 2. The third-order valence-corrected chi connectivity index (χ3v) is 5.34. The zero-order valence-corrected chi connectivity index (χ0v) is 14.6. The molecule has 1 spiro atoms. The maximum absolute atomic E-state index is 12.7. The average Bonchev–Trinajstić information content (AvgIpc) is 3.11. The molecule has 2 saturated heterocycles. The van der Waals surface area contributed by atoms with Gasteiger partial charge in [0.1, 0.15) is 0 Å². The number of likely N-dealkylation sites (tertiary alicyclic amines) is 1. The van der Waals surface area contributed by atoms with Crippen molar-refractivity contribution in [1.29, 1.82) is 0 Å². The first-order valence-electron chi connectivity index (χ1n) is 8.57. The lowest BCUT2D eigenvalue weighted by atomic mass is 9.92. The first kappa shape index (κ1) is 16.6. The summed E-state index contributed by atoms with van der Waals surface area (Å²) in [6, 6.07) is 5.40. The SMILES string of the molecule is CN1CC(=O)N(c2cccnc2)CC12CCN(C(=O)c1ccnnc1)C2. The molecule has 8 nitrogen and oxygen atoms in total. The molecule has 0 N–H and O–H groups in total. The minimum atomic E-state index is -0.250. The molecular formula is C18H20N6O2. The van der Waals surface area contributed by atoms with Crippen LogP contribution in [-0.2, 0) is 4.79 Å². The van der Waals surface area contributed by atoms with Gasteiger partial charge in [0.05, 0.1) is 41.9 Å². The van der Waals surface area contributed by atoms with E-state index in [1.54, 1.807) is 23.4 Å². The fourth-order valence-corrected chi connectivity index (χ4v) is 3.78. The standard InChI is InChI=1S/C18H20N6O2/c1-22-11-16(25)24(15-3-2-6-19-10-15)13-18(22)5-8-23(12-18)17(26)14-4-7-20-21-9-14/h2-4,6-7,9-10H,5,8,11-13H2,1H3. The van der Waals surface area contributed by atoms with E-state index in [0.717, 1.165) is 12.1 Å². The van der Waals surface area contributed by atoms with E-state index in [-0.39, 0.29) is 17.4 Å². The largest absolute Gasteiger partial charge is 0.337 e. The summed E-state index contributed by atoms with van der Waals surface area (Å²) in [5.74, 6) is 0.00392. The quantitative estimate of drug-likeness (QED) is 0.780. The molecule has 0 bridgehead atoms. The fourth-order valence-electron chi connectivity index (χ4n) is 3.78. The molecule has 0 radical (unpaired) electrons. The molecule has 1 unspecified atom stereocenters. The lowest BCUT2D eigenvalue weighted by Crippen LogP contribution is -2.64. The number of carbonyl (C=O) groups is 2. The van der Waals surface area contributed by atoms with Gasteiger partial charge in [0, 0.05) is 25.8 Å². The molecule has 1 atom stereocenters. The van der Waals surface area contributed by atoms with E-state index in [4.69, 9.17) is 0 Å². The van der Waals surface area contributed by atoms with Gasteiger partial charge in [-0.2, -0.15) is 10.2 Å². The maximum Gasteiger partial charge on any atom is 0.255 e. The van der Waals surface area contributed by atoms with E-state index in [1.807, 2.05) is 24.1 Å². The summed E-state index contributed by atoms with van der Waals surface area (Å²) in [4.78, 5) is 35.1. The van der Waals surface area contributed by atoms with Crippen molar-refractivity contribution in [3.05, 3.63) is 48.5 Å². The predicted molar refractivity (Wildman–Crippen MR) is 94.5 cm³/mol. The average molecular weight is 352 g/mol. The van der Waals surface area contributed by atoms with Crippen LogP contribution < -0.4 is 4.90 Å². The van der Waals surface area contributed by atoms with Gasteiger partial charge in [-0.3, -0.25) is 19.5 Å². The van der Waals surface area contributed by atoms with E-state index in [1.165, 1.54) is 12.4 Å². The van der Waals surface area contributed by atoms with Crippen LogP contribution in [0.1, 0.15) is 16.8 Å². The molecule has 0 aliphatic carbocycles. The maximum atomic E-state index is 12.7. The Balaban J connectivity index is 1.56. The Hall–Kier alpha value is -2.87. The van der Waals surface area contributed by atoms with Gasteiger partial charge in [0.15, 0.2) is 0 Å². The lowest BCUT2D eigenvalue weighted by Gasteiger charge is -2.46. The summed E-state index contributed by atoms with van der Waals surface area (Å²) in [7, 11) is 1.96. The van der Waals surface area contributed by atoms with Crippen LogP contribution in [-0.4, -0.2) is 75.6 Å². The van der Waals surface area contributed by atoms with E-state index in [0.29, 0.717) is 31.7 Å². The minimum Gasteiger partial charge on any atom is -0.337 e. The third kappa shape index (κ3) is 2.82. The predicted octanol–water partition coefficient (Wildman–Crippen LogP) is 0.435. The summed E-state index contributed by atoms with van der Waals surface area (Å²) in [5, 5.41) is 7.51. The highest BCUT2D eigenvalue weighted by Gasteiger charge is 2.48. The summed E-state index contributed by atoms with van der Waals surface area (Å²) in [6.07, 6.45) is 7.23. The van der Waals surface area contributed by atoms with Crippen LogP contribution in [0, 0.1) is 0 Å². The Bertz CT molecular complexity index is 815. The second-order valence-electron chi connectivity index (χ2n) is 6.88. The van der Waals surface area contributed by atoms with Crippen LogP contribution in [0.2, 0.25) is 0 Å². The van der Waals surface area contributed by atoms with E-state index in [9.17, 15) is 9.59 Å². The van der Waals surface area contributed by atoms with Crippen LogP contribution in [0.3, 0.4) is 0 Å². The molecule has 2 aliphatic rings. The van der Waals surface area contributed by atoms with Gasteiger partial charge in [0.2, 0.25) is 5.91 Å². The molecule has 2 aromatic heterocycles. The molecule has 0 saturated carbocycles. The molecule has 2 aliphatic heterocycles. The number of piperazine rings is 1. The van der Waals surface area contributed by atoms with E-state index < -0.39 is 0 Å². The second kappa shape index (κ2) is 6.45. The monoisotopic (exact) mass is 352 g/mol. The Morgan fingerprint density at radius 3 is 2.77 bits per heavy atom. The smallest absolute Gasteiger partial charge is 0.255 e. The minimum absolute atomic E-state index is 0.0463. The molecule has 134 valence electrons. The summed E-state index contributed by atoms with van der Waals surface area (Å²) >= 11 is 0. The van der Waals surface area contributed by atoms with Gasteiger partial charge in [0.25, 0.3) is 5.91 Å². The molecule has 0 aromatic carbocycles. The molecule has 26 heavy (non-hydrogen) atoms. The van der Waals surface area contributed by atoms with Crippen molar-refractivity contribution in [3.63, 3.8) is 0 Å². The Morgan fingerprint density at radius 2 is 2.04 bits per heavy atom. The number of nitrogens with zero attached hydrogens (tertiary/aromatic N) is 6. The summed E-state index contributed by atoms with van der Waals surface area (Å²) in [5.41, 5.74) is 1.09. The van der Waals surface area contributed by atoms with Crippen molar-refractivity contribution in [2.24, 2.45) is 0 Å². The van der Waals surface area contributed by atoms with Gasteiger partial charge < -0.3 is 9.80 Å². The number of hydrogen-bond donors (Lipinski definition) is 0. The Kier molecular flexibility index (Phi) is 4.12. The van der Waals surface area contributed by atoms with Gasteiger partial charge in [-0.15, -0.1) is 0 Å². The summed E-state index contributed by atoms with van der Waals surface area (Å²) < 4.78 is 0. The van der Waals surface area contributed by atoms with Crippen molar-refractivity contribution in [3.8, 4) is 0 Å². The van der Waals surface area contributed by atoms with Gasteiger partial charge in [-0.1, -0.05) is 0 Å². The lowest BCUT2D eigenvalue weighted by molar-refractivity contribution is -0.123. The van der Waals surface area contributed by atoms with Crippen molar-refractivity contribution in [1.82, 2.24) is 25.0 Å². The van der Waals surface area contributed by atoms with Gasteiger partial charge in [-0.25, -0.2) is 0 Å². The number of pyridine rings is 1. The number of anilines is 1. The number of rotatable bonds is 2. The highest BCUT2D eigenvalue weighted by Crippen LogP contribution is 2.33. The number of hydrogen-bond acceptors (Lipinski definition) is 6. The van der Waals surface area contributed by atoms with Crippen LogP contribution in [0.15, 0.2) is 43.0 Å². The Morgan fingerprint density at radius 1 is 1.15 bits per heavy atom. The van der Waals surface area contributed by atoms with Crippen LogP contribution >= 0.6 is 0 Å². The van der Waals surface area contributed by atoms with E-state index in [2.05, 4.69) is 20.1 Å². The van der Waals surface area contributed by atoms with Crippen LogP contribution in [0.25, 0.3) is 0 Å². The summed E-state index contributed by atoms with van der Waals surface area (Å²) in [6.45, 7) is 2.11. The number of likely N-dealkylation sites (N-methyl/N-ethyl adjacent to an activating group) is 1. The molecule has 4 heterocycles. The zero-order valence-electron chi connectivity index (χ0n) is 14.6. The Labute approximate surface area is 151 Å². The molecule has 2 aromatic rings.